The fourth-order valence-corrected chi connectivity index (χ4v) is 1.98. The van der Waals surface area contributed by atoms with Gasteiger partial charge in [0.25, 0.3) is 0 Å². The molecule has 94 valence electrons. The zero-order valence-corrected chi connectivity index (χ0v) is 10.9. The van der Waals surface area contributed by atoms with Gasteiger partial charge in [-0.1, -0.05) is 6.07 Å². The molecule has 18 heavy (non-hydrogen) atoms. The molecule has 0 aliphatic carbocycles. The number of para-hydroxylation sites is 1. The first kappa shape index (κ1) is 12.4. The van der Waals surface area contributed by atoms with Gasteiger partial charge in [-0.25, -0.2) is 4.99 Å². The Bertz CT molecular complexity index is 530. The second kappa shape index (κ2) is 5.50. The van der Waals surface area contributed by atoms with Crippen LogP contribution < -0.4 is 15.2 Å². The highest BCUT2D eigenvalue weighted by Crippen LogP contribution is 2.37. The largest absolute Gasteiger partial charge is 0.494 e. The maximum absolute atomic E-state index is 5.93. The highest BCUT2D eigenvalue weighted by atomic mass is 32.1. The van der Waals surface area contributed by atoms with Crippen LogP contribution in [0.1, 0.15) is 4.88 Å². The van der Waals surface area contributed by atoms with Crippen LogP contribution in [-0.4, -0.2) is 25.0 Å². The second-order valence-electron chi connectivity index (χ2n) is 3.37. The molecule has 2 aromatic rings. The number of rotatable bonds is 4. The van der Waals surface area contributed by atoms with Gasteiger partial charge in [-0.15, -0.1) is 11.3 Å². The molecule has 0 bridgehead atoms. The van der Waals surface area contributed by atoms with Crippen LogP contribution in [0, 0.1) is 0 Å². The number of hydrogen-bond donors (Lipinski definition) is 1. The summed E-state index contributed by atoms with van der Waals surface area (Å²) in [5.74, 6) is 1.61. The number of benzene rings is 1. The Morgan fingerprint density at radius 2 is 1.94 bits per heavy atom. The van der Waals surface area contributed by atoms with E-state index in [1.807, 2.05) is 6.07 Å². The molecular weight excluding hydrogens is 250 g/mol. The third-order valence-corrected chi connectivity index (χ3v) is 3.11. The molecule has 0 radical (unpaired) electrons. The minimum Gasteiger partial charge on any atom is -0.494 e. The van der Waals surface area contributed by atoms with Gasteiger partial charge >= 0.3 is 0 Å². The molecule has 0 spiro atoms. The zero-order valence-electron chi connectivity index (χ0n) is 10.1. The van der Waals surface area contributed by atoms with Crippen molar-refractivity contribution in [3.63, 3.8) is 0 Å². The van der Waals surface area contributed by atoms with E-state index in [0.717, 1.165) is 4.88 Å². The van der Waals surface area contributed by atoms with Gasteiger partial charge in [0.1, 0.15) is 23.0 Å². The Hall–Kier alpha value is -2.08. The molecule has 0 unspecified atom stereocenters. The minimum atomic E-state index is 0.389. The van der Waals surface area contributed by atoms with Gasteiger partial charge in [0, 0.05) is 6.20 Å². The molecule has 0 saturated carbocycles. The van der Waals surface area contributed by atoms with E-state index >= 15 is 0 Å². The molecule has 0 saturated heterocycles. The third kappa shape index (κ3) is 2.43. The molecule has 5 nitrogen and oxygen atoms in total. The van der Waals surface area contributed by atoms with E-state index in [9.17, 15) is 0 Å². The van der Waals surface area contributed by atoms with Gasteiger partial charge in [0.2, 0.25) is 0 Å². The summed E-state index contributed by atoms with van der Waals surface area (Å²) in [7, 11) is 3.16. The fourth-order valence-electron chi connectivity index (χ4n) is 1.46. The predicted molar refractivity (Wildman–Crippen MR) is 72.0 cm³/mol. The Kier molecular flexibility index (Phi) is 3.78. The Morgan fingerprint density at radius 1 is 1.28 bits per heavy atom. The molecule has 2 N–H and O–H groups in total. The number of aliphatic imine (C=N–C) groups is 1. The summed E-state index contributed by atoms with van der Waals surface area (Å²) >= 11 is 1.43. The predicted octanol–water partition coefficient (Wildman–Crippen LogP) is 2.20. The summed E-state index contributed by atoms with van der Waals surface area (Å²) in [5, 5.41) is 0. The Balaban J connectivity index is 2.47. The summed E-state index contributed by atoms with van der Waals surface area (Å²) in [6.07, 6.45) is 1.67. The van der Waals surface area contributed by atoms with E-state index in [1.165, 1.54) is 11.3 Å². The molecule has 0 atom stereocenters. The quantitative estimate of drug-likeness (QED) is 0.678. The summed E-state index contributed by atoms with van der Waals surface area (Å²) in [5.41, 5.74) is 8.21. The maximum atomic E-state index is 5.93. The average Bonchev–Trinajstić information content (AvgIpc) is 2.93. The van der Waals surface area contributed by atoms with Gasteiger partial charge in [-0.2, -0.15) is 0 Å². The lowest BCUT2D eigenvalue weighted by molar-refractivity contribution is 0.397. The molecule has 0 fully saturated rings. The molecule has 1 aromatic heterocycles. The number of amidine groups is 1. The molecule has 0 amide bonds. The van der Waals surface area contributed by atoms with Crippen molar-refractivity contribution in [2.75, 3.05) is 14.2 Å². The normalized spacial score (nSPS) is 11.3. The SMILES string of the molecule is COc1cccc(OC)c1N=C(N)c1cncs1. The van der Waals surface area contributed by atoms with Crippen LogP contribution >= 0.6 is 11.3 Å². The lowest BCUT2D eigenvalue weighted by atomic mass is 10.2. The lowest BCUT2D eigenvalue weighted by Crippen LogP contribution is -2.11. The standard InChI is InChI=1S/C12H13N3O2S/c1-16-8-4-3-5-9(17-2)11(8)15-12(13)10-6-14-7-18-10/h3-7H,1-2H3,(H2,13,15). The van der Waals surface area contributed by atoms with Gasteiger partial charge in [0.05, 0.1) is 24.6 Å². The summed E-state index contributed by atoms with van der Waals surface area (Å²) in [6, 6.07) is 5.45. The first-order valence-electron chi connectivity index (χ1n) is 5.20. The summed E-state index contributed by atoms with van der Waals surface area (Å²) in [6.45, 7) is 0. The van der Waals surface area contributed by atoms with E-state index in [-0.39, 0.29) is 0 Å². The number of aromatic nitrogens is 1. The van der Waals surface area contributed by atoms with Crippen LogP contribution in [0.5, 0.6) is 11.5 Å². The molecule has 1 heterocycles. The minimum absolute atomic E-state index is 0.389. The van der Waals surface area contributed by atoms with Crippen molar-refractivity contribution in [2.24, 2.45) is 10.7 Å². The first-order valence-corrected chi connectivity index (χ1v) is 6.08. The first-order chi connectivity index (χ1) is 8.76. The monoisotopic (exact) mass is 263 g/mol. The van der Waals surface area contributed by atoms with Crippen LogP contribution in [0.15, 0.2) is 34.9 Å². The van der Waals surface area contributed by atoms with Gasteiger partial charge in [-0.05, 0) is 12.1 Å². The Labute approximate surface area is 109 Å². The van der Waals surface area contributed by atoms with Crippen molar-refractivity contribution in [3.8, 4) is 11.5 Å². The zero-order chi connectivity index (χ0) is 13.0. The molecule has 1 aromatic carbocycles. The molecule has 0 aliphatic rings. The van der Waals surface area contributed by atoms with Crippen molar-refractivity contribution >= 4 is 22.9 Å². The van der Waals surface area contributed by atoms with Crippen molar-refractivity contribution in [1.29, 1.82) is 0 Å². The second-order valence-corrected chi connectivity index (χ2v) is 4.26. The van der Waals surface area contributed by atoms with Crippen LogP contribution in [0.4, 0.5) is 5.69 Å². The highest BCUT2D eigenvalue weighted by Gasteiger charge is 2.10. The fraction of sp³-hybridized carbons (Fsp3) is 0.167. The smallest absolute Gasteiger partial charge is 0.149 e. The van der Waals surface area contributed by atoms with Crippen LogP contribution in [-0.2, 0) is 0 Å². The lowest BCUT2D eigenvalue weighted by Gasteiger charge is -2.09. The maximum Gasteiger partial charge on any atom is 0.149 e. The summed E-state index contributed by atoms with van der Waals surface area (Å²) in [4.78, 5) is 9.13. The van der Waals surface area contributed by atoms with Crippen molar-refractivity contribution in [1.82, 2.24) is 4.98 Å². The van der Waals surface area contributed by atoms with Crippen molar-refractivity contribution in [2.45, 2.75) is 0 Å². The highest BCUT2D eigenvalue weighted by molar-refractivity contribution is 7.11. The number of methoxy groups -OCH3 is 2. The number of nitrogens with zero attached hydrogens (tertiary/aromatic N) is 2. The molecule has 6 heteroatoms. The van der Waals surface area contributed by atoms with E-state index in [4.69, 9.17) is 15.2 Å². The van der Waals surface area contributed by atoms with Crippen molar-refractivity contribution < 1.29 is 9.47 Å². The van der Waals surface area contributed by atoms with E-state index in [1.54, 1.807) is 38.1 Å². The van der Waals surface area contributed by atoms with Crippen molar-refractivity contribution in [3.05, 3.63) is 34.8 Å². The van der Waals surface area contributed by atoms with E-state index in [2.05, 4.69) is 9.98 Å². The van der Waals surface area contributed by atoms with Crippen LogP contribution in [0.2, 0.25) is 0 Å². The van der Waals surface area contributed by atoms with Crippen LogP contribution in [0.25, 0.3) is 0 Å². The third-order valence-electron chi connectivity index (χ3n) is 2.32. The van der Waals surface area contributed by atoms with Crippen LogP contribution in [0.3, 0.4) is 0 Å². The molecular formula is C12H13N3O2S. The van der Waals surface area contributed by atoms with Gasteiger partial charge < -0.3 is 15.2 Å². The molecule has 2 rings (SSSR count). The number of hydrogen-bond acceptors (Lipinski definition) is 5. The number of ether oxygens (including phenoxy) is 2. The van der Waals surface area contributed by atoms with E-state index < -0.39 is 0 Å². The topological polar surface area (TPSA) is 69.7 Å². The van der Waals surface area contributed by atoms with Gasteiger partial charge in [0.15, 0.2) is 0 Å². The van der Waals surface area contributed by atoms with Gasteiger partial charge in [-0.3, -0.25) is 4.98 Å². The Morgan fingerprint density at radius 3 is 2.44 bits per heavy atom. The average molecular weight is 263 g/mol. The summed E-state index contributed by atoms with van der Waals surface area (Å²) < 4.78 is 10.5. The number of nitrogens with two attached hydrogens (primary N) is 1. The number of thiazole rings is 1. The van der Waals surface area contributed by atoms with E-state index in [0.29, 0.717) is 23.0 Å². The molecule has 0 aliphatic heterocycles.